The molecular formula is C17H15F2N3O. The molecule has 118 valence electrons. The zero-order chi connectivity index (χ0) is 16.2. The average molecular weight is 315 g/mol. The number of hydrogen-bond acceptors (Lipinski definition) is 2. The van der Waals surface area contributed by atoms with Gasteiger partial charge in [0.05, 0.1) is 12.1 Å². The number of hydrogen-bond donors (Lipinski definition) is 1. The number of carbonyl (C=O) groups is 1. The third-order valence-electron chi connectivity index (χ3n) is 3.46. The number of benzene rings is 1. The predicted octanol–water partition coefficient (Wildman–Crippen LogP) is 2.51. The van der Waals surface area contributed by atoms with Gasteiger partial charge in [0.15, 0.2) is 0 Å². The van der Waals surface area contributed by atoms with Crippen LogP contribution < -0.4 is 5.32 Å². The fourth-order valence-corrected chi connectivity index (χ4v) is 2.33. The van der Waals surface area contributed by atoms with Gasteiger partial charge >= 0.3 is 0 Å². The predicted molar refractivity (Wildman–Crippen MR) is 82.0 cm³/mol. The lowest BCUT2D eigenvalue weighted by Gasteiger charge is -2.04. The zero-order valence-corrected chi connectivity index (χ0v) is 12.3. The normalized spacial score (nSPS) is 10.9. The molecule has 4 nitrogen and oxygen atoms in total. The average Bonchev–Trinajstić information content (AvgIpc) is 2.90. The quantitative estimate of drug-likeness (QED) is 0.786. The Bertz CT molecular complexity index is 827. The SMILES string of the molecule is O=C(Cc1cn2cc(F)ccc2n1)NCCc1ccc(F)cc1. The molecule has 2 aromatic heterocycles. The topological polar surface area (TPSA) is 46.4 Å². The molecule has 2 heterocycles. The maximum atomic E-state index is 13.1. The van der Waals surface area contributed by atoms with Gasteiger partial charge in [-0.1, -0.05) is 12.1 Å². The lowest BCUT2D eigenvalue weighted by atomic mass is 10.1. The molecule has 0 fully saturated rings. The number of aromatic nitrogens is 2. The molecule has 6 heteroatoms. The fourth-order valence-electron chi connectivity index (χ4n) is 2.33. The van der Waals surface area contributed by atoms with Crippen molar-refractivity contribution in [2.75, 3.05) is 6.54 Å². The monoisotopic (exact) mass is 315 g/mol. The molecule has 3 aromatic rings. The van der Waals surface area contributed by atoms with Crippen molar-refractivity contribution < 1.29 is 13.6 Å². The van der Waals surface area contributed by atoms with Crippen molar-refractivity contribution in [1.82, 2.24) is 14.7 Å². The third kappa shape index (κ3) is 3.91. The Hall–Kier alpha value is -2.76. The molecule has 0 atom stereocenters. The van der Waals surface area contributed by atoms with Crippen LogP contribution in [0.5, 0.6) is 0 Å². The Morgan fingerprint density at radius 3 is 2.57 bits per heavy atom. The van der Waals surface area contributed by atoms with Gasteiger partial charge < -0.3 is 9.72 Å². The van der Waals surface area contributed by atoms with Crippen LogP contribution >= 0.6 is 0 Å². The van der Waals surface area contributed by atoms with E-state index in [9.17, 15) is 13.6 Å². The fraction of sp³-hybridized carbons (Fsp3) is 0.176. The second-order valence-electron chi connectivity index (χ2n) is 5.25. The van der Waals surface area contributed by atoms with Gasteiger partial charge in [-0.2, -0.15) is 0 Å². The van der Waals surface area contributed by atoms with Gasteiger partial charge in [-0.05, 0) is 36.2 Å². The van der Waals surface area contributed by atoms with E-state index in [0.29, 0.717) is 24.3 Å². The number of halogens is 2. The molecule has 0 unspecified atom stereocenters. The zero-order valence-electron chi connectivity index (χ0n) is 12.3. The van der Waals surface area contributed by atoms with E-state index in [0.717, 1.165) is 5.56 Å². The number of fused-ring (bicyclic) bond motifs is 1. The summed E-state index contributed by atoms with van der Waals surface area (Å²) in [6.45, 7) is 0.465. The van der Waals surface area contributed by atoms with Crippen molar-refractivity contribution >= 4 is 11.6 Å². The number of imidazole rings is 1. The smallest absolute Gasteiger partial charge is 0.226 e. The highest BCUT2D eigenvalue weighted by Crippen LogP contribution is 2.07. The van der Waals surface area contributed by atoms with Gasteiger partial charge in [-0.25, -0.2) is 13.8 Å². The second-order valence-corrected chi connectivity index (χ2v) is 5.25. The van der Waals surface area contributed by atoms with Crippen LogP contribution in [0.4, 0.5) is 8.78 Å². The van der Waals surface area contributed by atoms with Crippen LogP contribution in [0.2, 0.25) is 0 Å². The Kier molecular flexibility index (Phi) is 4.32. The summed E-state index contributed by atoms with van der Waals surface area (Å²) in [5, 5.41) is 2.79. The number of amides is 1. The van der Waals surface area contributed by atoms with E-state index in [1.165, 1.54) is 24.4 Å². The summed E-state index contributed by atoms with van der Waals surface area (Å²) in [5.74, 6) is -0.790. The largest absolute Gasteiger partial charge is 0.355 e. The highest BCUT2D eigenvalue weighted by atomic mass is 19.1. The summed E-state index contributed by atoms with van der Waals surface area (Å²) in [5.41, 5.74) is 2.13. The van der Waals surface area contributed by atoms with E-state index >= 15 is 0 Å². The lowest BCUT2D eigenvalue weighted by Crippen LogP contribution is -2.27. The van der Waals surface area contributed by atoms with Crippen molar-refractivity contribution in [1.29, 1.82) is 0 Å². The van der Waals surface area contributed by atoms with Gasteiger partial charge in [-0.3, -0.25) is 4.79 Å². The number of carbonyl (C=O) groups excluding carboxylic acids is 1. The van der Waals surface area contributed by atoms with Gasteiger partial charge in [0.2, 0.25) is 5.91 Å². The minimum atomic E-state index is -0.356. The maximum Gasteiger partial charge on any atom is 0.226 e. The van der Waals surface area contributed by atoms with E-state index in [4.69, 9.17) is 0 Å². The van der Waals surface area contributed by atoms with Crippen molar-refractivity contribution in [3.05, 3.63) is 71.7 Å². The molecule has 1 N–H and O–H groups in total. The minimum absolute atomic E-state index is 0.132. The molecule has 1 aromatic carbocycles. The van der Waals surface area contributed by atoms with Crippen LogP contribution in [-0.4, -0.2) is 21.8 Å². The lowest BCUT2D eigenvalue weighted by molar-refractivity contribution is -0.120. The summed E-state index contributed by atoms with van der Waals surface area (Å²) >= 11 is 0. The Labute approximate surface area is 131 Å². The molecule has 0 spiro atoms. The van der Waals surface area contributed by atoms with Crippen LogP contribution in [0.3, 0.4) is 0 Å². The maximum absolute atomic E-state index is 13.1. The van der Waals surface area contributed by atoms with Crippen LogP contribution in [0, 0.1) is 11.6 Å². The van der Waals surface area contributed by atoms with Crippen molar-refractivity contribution in [3.8, 4) is 0 Å². The first-order chi connectivity index (χ1) is 11.1. The molecular weight excluding hydrogens is 300 g/mol. The van der Waals surface area contributed by atoms with Crippen molar-refractivity contribution in [2.24, 2.45) is 0 Å². The first-order valence-electron chi connectivity index (χ1n) is 7.24. The molecule has 0 aliphatic rings. The number of rotatable bonds is 5. The Balaban J connectivity index is 1.53. The van der Waals surface area contributed by atoms with Gasteiger partial charge in [0.1, 0.15) is 17.3 Å². The molecule has 3 rings (SSSR count). The molecule has 0 saturated heterocycles. The van der Waals surface area contributed by atoms with Gasteiger partial charge in [-0.15, -0.1) is 0 Å². The first-order valence-corrected chi connectivity index (χ1v) is 7.24. The van der Waals surface area contributed by atoms with E-state index in [1.807, 2.05) is 0 Å². The van der Waals surface area contributed by atoms with Gasteiger partial charge in [0, 0.05) is 18.9 Å². The summed E-state index contributed by atoms with van der Waals surface area (Å²) in [4.78, 5) is 16.2. The summed E-state index contributed by atoms with van der Waals surface area (Å²) in [6.07, 6.45) is 3.71. The van der Waals surface area contributed by atoms with Crippen LogP contribution in [0.1, 0.15) is 11.3 Å². The molecule has 0 aliphatic carbocycles. The molecule has 0 aliphatic heterocycles. The summed E-state index contributed by atoms with van der Waals surface area (Å²) in [7, 11) is 0. The Morgan fingerprint density at radius 1 is 1.04 bits per heavy atom. The van der Waals surface area contributed by atoms with E-state index in [-0.39, 0.29) is 24.0 Å². The second kappa shape index (κ2) is 6.56. The minimum Gasteiger partial charge on any atom is -0.355 e. The molecule has 23 heavy (non-hydrogen) atoms. The summed E-state index contributed by atoms with van der Waals surface area (Å²) in [6, 6.07) is 9.07. The van der Waals surface area contributed by atoms with Crippen LogP contribution in [0.15, 0.2) is 48.8 Å². The molecule has 0 radical (unpaired) electrons. The summed E-state index contributed by atoms with van der Waals surface area (Å²) < 4.78 is 27.5. The van der Waals surface area contributed by atoms with Crippen LogP contribution in [-0.2, 0) is 17.6 Å². The van der Waals surface area contributed by atoms with E-state index in [1.54, 1.807) is 28.8 Å². The number of nitrogens with zero attached hydrogens (tertiary/aromatic N) is 2. The number of nitrogens with one attached hydrogen (secondary N) is 1. The van der Waals surface area contributed by atoms with Gasteiger partial charge in [0.25, 0.3) is 0 Å². The molecule has 0 saturated carbocycles. The Morgan fingerprint density at radius 2 is 1.78 bits per heavy atom. The highest BCUT2D eigenvalue weighted by molar-refractivity contribution is 5.78. The molecule has 1 amide bonds. The standard InChI is InChI=1S/C17H15F2N3O/c18-13-3-1-12(2-4-13)7-8-20-17(23)9-15-11-22-10-14(19)5-6-16(22)21-15/h1-6,10-11H,7-9H2,(H,20,23). The highest BCUT2D eigenvalue weighted by Gasteiger charge is 2.08. The van der Waals surface area contributed by atoms with Crippen molar-refractivity contribution in [2.45, 2.75) is 12.8 Å². The van der Waals surface area contributed by atoms with Crippen LogP contribution in [0.25, 0.3) is 5.65 Å². The van der Waals surface area contributed by atoms with Crippen molar-refractivity contribution in [3.63, 3.8) is 0 Å². The number of pyridine rings is 1. The third-order valence-corrected chi connectivity index (χ3v) is 3.46. The molecule has 0 bridgehead atoms. The van der Waals surface area contributed by atoms with E-state index < -0.39 is 0 Å². The first kappa shape index (κ1) is 15.1. The van der Waals surface area contributed by atoms with E-state index in [2.05, 4.69) is 10.3 Å².